The van der Waals surface area contributed by atoms with Gasteiger partial charge in [-0.3, -0.25) is 0 Å². The summed E-state index contributed by atoms with van der Waals surface area (Å²) in [4.78, 5) is 0. The van der Waals surface area contributed by atoms with Crippen molar-refractivity contribution in [2.45, 2.75) is 45.6 Å². The average Bonchev–Trinajstić information content (AvgIpc) is 2.71. The second kappa shape index (κ2) is 5.84. The summed E-state index contributed by atoms with van der Waals surface area (Å²) < 4.78 is 6.30. The molecule has 0 spiro atoms. The van der Waals surface area contributed by atoms with Crippen LogP contribution in [0.5, 0.6) is 5.75 Å². The van der Waals surface area contributed by atoms with E-state index in [-0.39, 0.29) is 11.5 Å². The molecule has 1 aromatic carbocycles. The Bertz CT molecular complexity index is 442. The monoisotopic (exact) mass is 326 g/mol. The molecule has 0 bridgehead atoms. The molecule has 2 rings (SSSR count). The topological polar surface area (TPSA) is 29.5 Å². The first-order valence-electron chi connectivity index (χ1n) is 6.94. The van der Waals surface area contributed by atoms with Gasteiger partial charge in [0.15, 0.2) is 0 Å². The number of methoxy groups -OCH3 is 1. The molecule has 2 atom stereocenters. The van der Waals surface area contributed by atoms with Crippen molar-refractivity contribution in [3.8, 4) is 5.75 Å². The molecule has 0 saturated heterocycles. The molecule has 1 saturated carbocycles. The van der Waals surface area contributed by atoms with E-state index >= 15 is 0 Å². The second-order valence-electron chi connectivity index (χ2n) is 6.22. The van der Waals surface area contributed by atoms with Gasteiger partial charge in [-0.05, 0) is 54.4 Å². The molecule has 1 aliphatic rings. The quantitative estimate of drug-likeness (QED) is 0.899. The van der Waals surface area contributed by atoms with Crippen LogP contribution in [0.15, 0.2) is 22.7 Å². The summed E-state index contributed by atoms with van der Waals surface area (Å²) in [5, 5.41) is 10.6. The average molecular weight is 327 g/mol. The Labute approximate surface area is 124 Å². The molecule has 19 heavy (non-hydrogen) atoms. The zero-order valence-electron chi connectivity index (χ0n) is 11.9. The third-order valence-corrected chi connectivity index (χ3v) is 5.26. The molecule has 2 nitrogen and oxygen atoms in total. The Morgan fingerprint density at radius 1 is 1.47 bits per heavy atom. The van der Waals surface area contributed by atoms with Crippen LogP contribution in [-0.2, 0) is 6.42 Å². The van der Waals surface area contributed by atoms with Gasteiger partial charge in [-0.2, -0.15) is 0 Å². The number of rotatable bonds is 4. The Morgan fingerprint density at radius 2 is 2.21 bits per heavy atom. The lowest BCUT2D eigenvalue weighted by Crippen LogP contribution is -2.31. The lowest BCUT2D eigenvalue weighted by molar-refractivity contribution is 0.0541. The standard InChI is InChI=1S/C16H23BrO2/c1-16(2)8-4-5-13(16)15(18)10-11-9-12(19-3)6-7-14(11)17/h6-7,9,13,15,18H,4-5,8,10H2,1-3H3. The zero-order chi connectivity index (χ0) is 14.0. The number of aliphatic hydroxyl groups excluding tert-OH is 1. The molecule has 2 unspecified atom stereocenters. The maximum atomic E-state index is 10.6. The van der Waals surface area contributed by atoms with Gasteiger partial charge in [0.05, 0.1) is 13.2 Å². The van der Waals surface area contributed by atoms with Gasteiger partial charge in [-0.1, -0.05) is 36.2 Å². The predicted molar refractivity (Wildman–Crippen MR) is 81.5 cm³/mol. The van der Waals surface area contributed by atoms with Crippen molar-refractivity contribution < 1.29 is 9.84 Å². The van der Waals surface area contributed by atoms with Crippen LogP contribution in [0.1, 0.15) is 38.7 Å². The molecule has 0 radical (unpaired) electrons. The third-order valence-electron chi connectivity index (χ3n) is 4.49. The fourth-order valence-corrected chi connectivity index (χ4v) is 3.68. The summed E-state index contributed by atoms with van der Waals surface area (Å²) in [6.45, 7) is 4.54. The smallest absolute Gasteiger partial charge is 0.119 e. The van der Waals surface area contributed by atoms with Crippen molar-refractivity contribution in [2.24, 2.45) is 11.3 Å². The van der Waals surface area contributed by atoms with E-state index < -0.39 is 0 Å². The maximum Gasteiger partial charge on any atom is 0.119 e. The van der Waals surface area contributed by atoms with Gasteiger partial charge in [-0.25, -0.2) is 0 Å². The molecule has 0 amide bonds. The summed E-state index contributed by atoms with van der Waals surface area (Å²) >= 11 is 3.56. The number of hydrogen-bond acceptors (Lipinski definition) is 2. The van der Waals surface area contributed by atoms with E-state index in [0.29, 0.717) is 12.3 Å². The SMILES string of the molecule is COc1ccc(Br)c(CC(O)C2CCCC2(C)C)c1. The summed E-state index contributed by atoms with van der Waals surface area (Å²) in [6, 6.07) is 5.93. The highest BCUT2D eigenvalue weighted by Gasteiger charge is 2.38. The third kappa shape index (κ3) is 3.32. The van der Waals surface area contributed by atoms with Gasteiger partial charge in [0, 0.05) is 4.47 Å². The summed E-state index contributed by atoms with van der Waals surface area (Å²) in [6.07, 6.45) is 3.99. The predicted octanol–water partition coefficient (Wildman–Crippen LogP) is 4.19. The minimum absolute atomic E-state index is 0.255. The number of ether oxygens (including phenoxy) is 1. The number of aliphatic hydroxyl groups is 1. The fourth-order valence-electron chi connectivity index (χ4n) is 3.27. The van der Waals surface area contributed by atoms with E-state index in [1.165, 1.54) is 12.8 Å². The highest BCUT2D eigenvalue weighted by Crippen LogP contribution is 2.45. The first-order valence-corrected chi connectivity index (χ1v) is 7.74. The summed E-state index contributed by atoms with van der Waals surface area (Å²) in [5.41, 5.74) is 1.37. The number of benzene rings is 1. The summed E-state index contributed by atoms with van der Waals surface area (Å²) in [7, 11) is 1.67. The van der Waals surface area contributed by atoms with Crippen molar-refractivity contribution in [2.75, 3.05) is 7.11 Å². The van der Waals surface area contributed by atoms with Crippen LogP contribution in [0.2, 0.25) is 0 Å². The molecule has 0 heterocycles. The van der Waals surface area contributed by atoms with E-state index in [1.807, 2.05) is 18.2 Å². The fraction of sp³-hybridized carbons (Fsp3) is 0.625. The largest absolute Gasteiger partial charge is 0.497 e. The van der Waals surface area contributed by atoms with Gasteiger partial charge in [0.25, 0.3) is 0 Å². The Morgan fingerprint density at radius 3 is 2.79 bits per heavy atom. The molecule has 1 aliphatic carbocycles. The van der Waals surface area contributed by atoms with Gasteiger partial charge < -0.3 is 9.84 Å². The molecule has 0 aliphatic heterocycles. The van der Waals surface area contributed by atoms with Crippen LogP contribution >= 0.6 is 15.9 Å². The highest BCUT2D eigenvalue weighted by molar-refractivity contribution is 9.10. The van der Waals surface area contributed by atoms with E-state index in [1.54, 1.807) is 7.11 Å². The minimum atomic E-state index is -0.277. The highest BCUT2D eigenvalue weighted by atomic mass is 79.9. The normalized spacial score (nSPS) is 23.3. The van der Waals surface area contributed by atoms with Crippen LogP contribution in [0.4, 0.5) is 0 Å². The molecule has 0 aromatic heterocycles. The van der Waals surface area contributed by atoms with Crippen LogP contribution in [0.25, 0.3) is 0 Å². The van der Waals surface area contributed by atoms with E-state index in [9.17, 15) is 5.11 Å². The molecule has 106 valence electrons. The van der Waals surface area contributed by atoms with Crippen molar-refractivity contribution >= 4 is 15.9 Å². The van der Waals surface area contributed by atoms with E-state index in [4.69, 9.17) is 4.74 Å². The minimum Gasteiger partial charge on any atom is -0.497 e. The van der Waals surface area contributed by atoms with Gasteiger partial charge >= 0.3 is 0 Å². The van der Waals surface area contributed by atoms with E-state index in [2.05, 4.69) is 29.8 Å². The lowest BCUT2D eigenvalue weighted by atomic mass is 9.77. The molecule has 3 heteroatoms. The number of hydrogen-bond donors (Lipinski definition) is 1. The van der Waals surface area contributed by atoms with Crippen molar-refractivity contribution in [1.82, 2.24) is 0 Å². The number of halogens is 1. The first-order chi connectivity index (χ1) is 8.94. The molecule has 1 fully saturated rings. The zero-order valence-corrected chi connectivity index (χ0v) is 13.5. The van der Waals surface area contributed by atoms with Gasteiger partial charge in [0.2, 0.25) is 0 Å². The van der Waals surface area contributed by atoms with Crippen LogP contribution < -0.4 is 4.74 Å². The van der Waals surface area contributed by atoms with Crippen LogP contribution in [0, 0.1) is 11.3 Å². The van der Waals surface area contributed by atoms with Crippen LogP contribution in [0.3, 0.4) is 0 Å². The van der Waals surface area contributed by atoms with Gasteiger partial charge in [0.1, 0.15) is 5.75 Å². The molecule has 1 N–H and O–H groups in total. The Balaban J connectivity index is 2.12. The van der Waals surface area contributed by atoms with E-state index in [0.717, 1.165) is 22.2 Å². The molecular formula is C16H23BrO2. The maximum absolute atomic E-state index is 10.6. The Hall–Kier alpha value is -0.540. The van der Waals surface area contributed by atoms with Crippen molar-refractivity contribution in [1.29, 1.82) is 0 Å². The second-order valence-corrected chi connectivity index (χ2v) is 7.07. The van der Waals surface area contributed by atoms with Gasteiger partial charge in [-0.15, -0.1) is 0 Å². The first kappa shape index (κ1) is 14.9. The van der Waals surface area contributed by atoms with Crippen LogP contribution in [-0.4, -0.2) is 18.3 Å². The summed E-state index contributed by atoms with van der Waals surface area (Å²) in [5.74, 6) is 1.24. The Kier molecular flexibility index (Phi) is 4.57. The lowest BCUT2D eigenvalue weighted by Gasteiger charge is -2.31. The molecule has 1 aromatic rings. The molecular weight excluding hydrogens is 304 g/mol. The van der Waals surface area contributed by atoms with Crippen molar-refractivity contribution in [3.05, 3.63) is 28.2 Å². The van der Waals surface area contributed by atoms with Crippen molar-refractivity contribution in [3.63, 3.8) is 0 Å².